The number of fused-ring (bicyclic) bond motifs is 1. The molecule has 1 N–H and O–H groups in total. The third kappa shape index (κ3) is 1.36. The number of hydrogen-bond donors (Lipinski definition) is 1. The van der Waals surface area contributed by atoms with Crippen molar-refractivity contribution in [3.63, 3.8) is 0 Å². The fraction of sp³-hybridized carbons (Fsp3) is 0.0909. The van der Waals surface area contributed by atoms with Crippen LogP contribution in [0.5, 0.6) is 0 Å². The molecule has 4 nitrogen and oxygen atoms in total. The van der Waals surface area contributed by atoms with E-state index in [-0.39, 0.29) is 0 Å². The van der Waals surface area contributed by atoms with E-state index in [1.165, 1.54) is 0 Å². The van der Waals surface area contributed by atoms with Gasteiger partial charge in [-0.1, -0.05) is 12.1 Å². The van der Waals surface area contributed by atoms with E-state index < -0.39 is 0 Å². The van der Waals surface area contributed by atoms with E-state index >= 15 is 0 Å². The highest BCUT2D eigenvalue weighted by Gasteiger charge is 2.10. The van der Waals surface area contributed by atoms with Crippen molar-refractivity contribution < 1.29 is 0 Å². The van der Waals surface area contributed by atoms with Crippen molar-refractivity contribution in [1.82, 2.24) is 20.0 Å². The molecular formula is C11H9BrN4. The minimum absolute atomic E-state index is 0.935. The number of rotatable bonds is 1. The van der Waals surface area contributed by atoms with E-state index in [1.54, 1.807) is 4.68 Å². The summed E-state index contributed by atoms with van der Waals surface area (Å²) in [5.74, 6) is 0. The van der Waals surface area contributed by atoms with Crippen molar-refractivity contribution in [3.8, 4) is 11.3 Å². The molecule has 0 aliphatic rings. The van der Waals surface area contributed by atoms with Crippen LogP contribution in [0.4, 0.5) is 0 Å². The molecule has 0 saturated heterocycles. The molecule has 0 saturated carbocycles. The molecule has 2 heterocycles. The van der Waals surface area contributed by atoms with Crippen LogP contribution in [0.15, 0.2) is 35.1 Å². The van der Waals surface area contributed by atoms with Gasteiger partial charge in [0.1, 0.15) is 5.69 Å². The summed E-state index contributed by atoms with van der Waals surface area (Å²) in [6.45, 7) is 0. The summed E-state index contributed by atoms with van der Waals surface area (Å²) in [4.78, 5) is 0. The molecule has 0 radical (unpaired) electrons. The zero-order valence-electron chi connectivity index (χ0n) is 8.61. The maximum Gasteiger partial charge on any atom is 0.103 e. The fourth-order valence-corrected chi connectivity index (χ4v) is 2.23. The molecular weight excluding hydrogens is 268 g/mol. The van der Waals surface area contributed by atoms with Crippen LogP contribution < -0.4 is 0 Å². The molecule has 2 aromatic heterocycles. The Labute approximate surface area is 100 Å². The number of halogens is 1. The Morgan fingerprint density at radius 2 is 2.25 bits per heavy atom. The lowest BCUT2D eigenvalue weighted by molar-refractivity contribution is 0.768. The van der Waals surface area contributed by atoms with Gasteiger partial charge in [0.15, 0.2) is 0 Å². The Kier molecular flexibility index (Phi) is 2.07. The number of benzene rings is 1. The van der Waals surface area contributed by atoms with Crippen LogP contribution in [-0.4, -0.2) is 20.0 Å². The van der Waals surface area contributed by atoms with E-state index in [2.05, 4.69) is 31.2 Å². The van der Waals surface area contributed by atoms with Gasteiger partial charge in [0, 0.05) is 28.7 Å². The summed E-state index contributed by atoms with van der Waals surface area (Å²) in [6, 6.07) is 6.04. The third-order valence-corrected chi connectivity index (χ3v) is 3.19. The maximum absolute atomic E-state index is 4.33. The van der Waals surface area contributed by atoms with Gasteiger partial charge in [0.2, 0.25) is 0 Å². The van der Waals surface area contributed by atoms with Crippen molar-refractivity contribution in [2.45, 2.75) is 0 Å². The van der Waals surface area contributed by atoms with Crippen molar-refractivity contribution >= 4 is 26.8 Å². The number of hydrogen-bond acceptors (Lipinski definition) is 2. The number of aromatic nitrogens is 4. The lowest BCUT2D eigenvalue weighted by Crippen LogP contribution is -1.84. The molecule has 3 aromatic rings. The van der Waals surface area contributed by atoms with Gasteiger partial charge < -0.3 is 0 Å². The van der Waals surface area contributed by atoms with Crippen LogP contribution in [0.1, 0.15) is 0 Å². The monoisotopic (exact) mass is 276 g/mol. The number of para-hydroxylation sites is 1. The molecule has 0 unspecified atom stereocenters. The van der Waals surface area contributed by atoms with E-state index in [1.807, 2.05) is 37.6 Å². The Morgan fingerprint density at radius 3 is 3.00 bits per heavy atom. The highest BCUT2D eigenvalue weighted by molar-refractivity contribution is 9.10. The first-order chi connectivity index (χ1) is 7.75. The molecule has 0 spiro atoms. The number of nitrogens with one attached hydrogen (secondary N) is 1. The fourth-order valence-electron chi connectivity index (χ4n) is 1.77. The van der Waals surface area contributed by atoms with Crippen molar-refractivity contribution in [1.29, 1.82) is 0 Å². The van der Waals surface area contributed by atoms with Crippen LogP contribution in [0.2, 0.25) is 0 Å². The summed E-state index contributed by atoms with van der Waals surface area (Å²) in [6.07, 6.45) is 3.77. The van der Waals surface area contributed by atoms with Crippen molar-refractivity contribution in [2.24, 2.45) is 7.05 Å². The molecule has 0 bridgehead atoms. The first-order valence-corrected chi connectivity index (χ1v) is 5.66. The molecule has 5 heteroatoms. The second kappa shape index (κ2) is 3.45. The maximum atomic E-state index is 4.33. The van der Waals surface area contributed by atoms with Gasteiger partial charge in [0.05, 0.1) is 11.7 Å². The predicted octanol–water partition coefficient (Wildman–Crippen LogP) is 2.73. The van der Waals surface area contributed by atoms with Crippen LogP contribution >= 0.6 is 15.9 Å². The number of aryl methyl sites for hydroxylation is 1. The molecule has 0 atom stereocenters. The Hall–Kier alpha value is -1.62. The summed E-state index contributed by atoms with van der Waals surface area (Å²) < 4.78 is 2.79. The minimum atomic E-state index is 0.935. The average Bonchev–Trinajstić information content (AvgIpc) is 2.84. The highest BCUT2D eigenvalue weighted by atomic mass is 79.9. The highest BCUT2D eigenvalue weighted by Crippen LogP contribution is 2.29. The molecule has 0 aliphatic heterocycles. The van der Waals surface area contributed by atoms with Gasteiger partial charge in [-0.05, 0) is 22.0 Å². The molecule has 0 amide bonds. The van der Waals surface area contributed by atoms with Crippen LogP contribution in [0.3, 0.4) is 0 Å². The van der Waals surface area contributed by atoms with Gasteiger partial charge in [0.25, 0.3) is 0 Å². The molecule has 0 fully saturated rings. The third-order valence-electron chi connectivity index (χ3n) is 2.53. The SMILES string of the molecule is Cn1cc(-c2n[nH]c3c(Br)cccc23)cn1. The number of nitrogens with zero attached hydrogens (tertiary/aromatic N) is 3. The van der Waals surface area contributed by atoms with E-state index in [0.29, 0.717) is 0 Å². The van der Waals surface area contributed by atoms with Gasteiger partial charge in [-0.2, -0.15) is 10.2 Å². The second-order valence-electron chi connectivity index (χ2n) is 3.64. The Bertz CT molecular complexity index is 653. The minimum Gasteiger partial charge on any atom is -0.276 e. The lowest BCUT2D eigenvalue weighted by atomic mass is 10.1. The molecule has 0 aliphatic carbocycles. The molecule has 80 valence electrons. The van der Waals surface area contributed by atoms with Gasteiger partial charge in [-0.15, -0.1) is 0 Å². The van der Waals surface area contributed by atoms with Crippen molar-refractivity contribution in [3.05, 3.63) is 35.1 Å². The number of H-pyrrole nitrogens is 1. The first-order valence-electron chi connectivity index (χ1n) is 4.87. The van der Waals surface area contributed by atoms with E-state index in [9.17, 15) is 0 Å². The first kappa shape index (κ1) is 9.59. The predicted molar refractivity (Wildman–Crippen MR) is 66.0 cm³/mol. The van der Waals surface area contributed by atoms with E-state index in [0.717, 1.165) is 26.6 Å². The Balaban J connectivity index is 2.29. The number of aromatic amines is 1. The van der Waals surface area contributed by atoms with Gasteiger partial charge >= 0.3 is 0 Å². The topological polar surface area (TPSA) is 46.5 Å². The summed E-state index contributed by atoms with van der Waals surface area (Å²) in [5.41, 5.74) is 2.97. The second-order valence-corrected chi connectivity index (χ2v) is 4.49. The standard InChI is InChI=1S/C11H9BrN4/c1-16-6-7(5-13-16)10-8-3-2-4-9(12)11(8)15-14-10/h2-6H,1H3,(H,14,15). The molecule has 16 heavy (non-hydrogen) atoms. The quantitative estimate of drug-likeness (QED) is 0.743. The average molecular weight is 277 g/mol. The normalized spacial score (nSPS) is 11.1. The smallest absolute Gasteiger partial charge is 0.103 e. The summed E-state index contributed by atoms with van der Waals surface area (Å²) in [5, 5.41) is 12.6. The zero-order chi connectivity index (χ0) is 11.1. The van der Waals surface area contributed by atoms with Crippen LogP contribution in [0, 0.1) is 0 Å². The van der Waals surface area contributed by atoms with Gasteiger partial charge in [-0.3, -0.25) is 9.78 Å². The van der Waals surface area contributed by atoms with Crippen molar-refractivity contribution in [2.75, 3.05) is 0 Å². The molecule has 3 rings (SSSR count). The van der Waals surface area contributed by atoms with Crippen LogP contribution in [0.25, 0.3) is 22.2 Å². The van der Waals surface area contributed by atoms with E-state index in [4.69, 9.17) is 0 Å². The largest absolute Gasteiger partial charge is 0.276 e. The molecule has 1 aromatic carbocycles. The summed E-state index contributed by atoms with van der Waals surface area (Å²) in [7, 11) is 1.90. The van der Waals surface area contributed by atoms with Crippen LogP contribution in [-0.2, 0) is 7.05 Å². The van der Waals surface area contributed by atoms with Gasteiger partial charge in [-0.25, -0.2) is 0 Å². The Morgan fingerprint density at radius 1 is 1.38 bits per heavy atom. The summed E-state index contributed by atoms with van der Waals surface area (Å²) >= 11 is 3.50. The lowest BCUT2D eigenvalue weighted by Gasteiger charge is -1.93. The zero-order valence-corrected chi connectivity index (χ0v) is 10.2.